The van der Waals surface area contributed by atoms with Gasteiger partial charge in [0.05, 0.1) is 0 Å². The number of halogens is 1. The average Bonchev–Trinajstić information content (AvgIpc) is 2.63. The van der Waals surface area contributed by atoms with E-state index in [1.807, 2.05) is 0 Å². The van der Waals surface area contributed by atoms with Crippen LogP contribution >= 0.6 is 22.9 Å². The van der Waals surface area contributed by atoms with Gasteiger partial charge in [0.25, 0.3) is 0 Å². The van der Waals surface area contributed by atoms with Crippen LogP contribution in [-0.4, -0.2) is 15.7 Å². The van der Waals surface area contributed by atoms with E-state index in [0.717, 1.165) is 23.8 Å². The van der Waals surface area contributed by atoms with Crippen molar-refractivity contribution in [3.63, 3.8) is 0 Å². The summed E-state index contributed by atoms with van der Waals surface area (Å²) in [5, 5.41) is 0. The summed E-state index contributed by atoms with van der Waals surface area (Å²) in [6.45, 7) is 6.05. The molecule has 1 saturated heterocycles. The Bertz CT molecular complexity index is 158. The summed E-state index contributed by atoms with van der Waals surface area (Å²) in [7, 11) is 0. The Labute approximate surface area is 83.0 Å². The molecule has 0 unspecified atom stereocenters. The molecule has 0 spiro atoms. The zero-order valence-corrected chi connectivity index (χ0v) is 9.41. The maximum absolute atomic E-state index is 2.54. The summed E-state index contributed by atoms with van der Waals surface area (Å²) in [5.41, 5.74) is 0. The Morgan fingerprint density at radius 2 is 2.00 bits per heavy atom. The highest BCUT2D eigenvalue weighted by atomic mass is 127. The normalized spacial score (nSPS) is 44.2. The lowest BCUT2D eigenvalue weighted by molar-refractivity contribution is 0.230. The predicted molar refractivity (Wildman–Crippen MR) is 55.6 cm³/mol. The van der Waals surface area contributed by atoms with Crippen molar-refractivity contribution in [2.24, 2.45) is 17.8 Å². The third kappa shape index (κ3) is 1.57. The Balaban J connectivity index is 1.97. The average molecular weight is 265 g/mol. The molecule has 1 saturated carbocycles. The first kappa shape index (κ1) is 8.30. The number of rotatable bonds is 1. The molecular weight excluding hydrogens is 249 g/mol. The van der Waals surface area contributed by atoms with E-state index in [0.29, 0.717) is 0 Å². The zero-order chi connectivity index (χ0) is 8.01. The second kappa shape index (κ2) is 2.87. The molecule has 64 valence electrons. The Morgan fingerprint density at radius 3 is 2.64 bits per heavy atom. The van der Waals surface area contributed by atoms with Gasteiger partial charge in [0, 0.05) is 35.5 Å². The second-order valence-electron chi connectivity index (χ2n) is 4.39. The fraction of sp³-hybridized carbons (Fsp3) is 1.00. The smallest absolute Gasteiger partial charge is 0.0220 e. The van der Waals surface area contributed by atoms with E-state index in [9.17, 15) is 0 Å². The highest BCUT2D eigenvalue weighted by Crippen LogP contribution is 2.49. The number of piperidine rings is 1. The van der Waals surface area contributed by atoms with E-state index in [1.54, 1.807) is 0 Å². The van der Waals surface area contributed by atoms with Gasteiger partial charge in [-0.15, -0.1) is 0 Å². The van der Waals surface area contributed by atoms with Crippen LogP contribution in [-0.2, 0) is 0 Å². The van der Waals surface area contributed by atoms with Crippen molar-refractivity contribution in [3.05, 3.63) is 0 Å². The van der Waals surface area contributed by atoms with Crippen molar-refractivity contribution in [1.29, 1.82) is 0 Å². The number of hydrogen-bond donors (Lipinski definition) is 0. The summed E-state index contributed by atoms with van der Waals surface area (Å²) in [6, 6.07) is 0.861. The summed E-state index contributed by atoms with van der Waals surface area (Å²) >= 11 is 2.51. The SMILES string of the molecule is CC(C)[C@H]1C[C@@H]2C[C@@H]2CN1I. The minimum absolute atomic E-state index is 0.841. The van der Waals surface area contributed by atoms with Gasteiger partial charge < -0.3 is 0 Å². The van der Waals surface area contributed by atoms with Crippen LogP contribution in [0.4, 0.5) is 0 Å². The van der Waals surface area contributed by atoms with Gasteiger partial charge in [0.15, 0.2) is 0 Å². The Kier molecular flexibility index (Phi) is 2.17. The van der Waals surface area contributed by atoms with Gasteiger partial charge in [-0.05, 0) is 30.6 Å². The zero-order valence-electron chi connectivity index (χ0n) is 7.26. The monoisotopic (exact) mass is 265 g/mol. The molecule has 2 heteroatoms. The minimum atomic E-state index is 0.841. The lowest BCUT2D eigenvalue weighted by Crippen LogP contribution is -2.36. The van der Waals surface area contributed by atoms with Crippen molar-refractivity contribution in [3.8, 4) is 0 Å². The molecule has 2 fully saturated rings. The van der Waals surface area contributed by atoms with Crippen LogP contribution in [0.15, 0.2) is 0 Å². The molecule has 0 N–H and O–H groups in total. The first-order valence-corrected chi connectivity index (χ1v) is 5.57. The molecule has 0 aromatic rings. The summed E-state index contributed by atoms with van der Waals surface area (Å²) in [5.74, 6) is 3.02. The predicted octanol–water partition coefficient (Wildman–Crippen LogP) is 2.70. The minimum Gasteiger partial charge on any atom is -0.244 e. The summed E-state index contributed by atoms with van der Waals surface area (Å²) in [6.07, 6.45) is 2.98. The fourth-order valence-corrected chi connectivity index (χ4v) is 3.58. The van der Waals surface area contributed by atoms with Crippen molar-refractivity contribution in [2.75, 3.05) is 6.54 Å². The topological polar surface area (TPSA) is 3.24 Å². The molecule has 1 heterocycles. The molecule has 1 aliphatic carbocycles. The third-order valence-electron chi connectivity index (χ3n) is 3.15. The molecule has 1 nitrogen and oxygen atoms in total. The highest BCUT2D eigenvalue weighted by Gasteiger charge is 2.45. The molecule has 0 radical (unpaired) electrons. The van der Waals surface area contributed by atoms with Crippen molar-refractivity contribution in [2.45, 2.75) is 32.7 Å². The standard InChI is InChI=1S/C9H16IN/c1-6(2)9-4-7-3-8(7)5-11(9)10/h6-9H,3-5H2,1-2H3/t7-,8+,9+/m0/s1. The van der Waals surface area contributed by atoms with Gasteiger partial charge >= 0.3 is 0 Å². The fourth-order valence-electron chi connectivity index (χ4n) is 2.20. The molecule has 1 aliphatic heterocycles. The van der Waals surface area contributed by atoms with Gasteiger partial charge in [0.1, 0.15) is 0 Å². The van der Waals surface area contributed by atoms with Crippen molar-refractivity contribution < 1.29 is 0 Å². The number of hydrogen-bond acceptors (Lipinski definition) is 1. The quantitative estimate of drug-likeness (QED) is 0.520. The van der Waals surface area contributed by atoms with Gasteiger partial charge in [-0.2, -0.15) is 0 Å². The summed E-state index contributed by atoms with van der Waals surface area (Å²) in [4.78, 5) is 0. The maximum Gasteiger partial charge on any atom is 0.0220 e. The molecular formula is C9H16IN. The third-order valence-corrected chi connectivity index (χ3v) is 4.26. The van der Waals surface area contributed by atoms with Crippen LogP contribution in [0, 0.1) is 17.8 Å². The largest absolute Gasteiger partial charge is 0.244 e. The van der Waals surface area contributed by atoms with Crippen LogP contribution in [0.25, 0.3) is 0 Å². The van der Waals surface area contributed by atoms with E-state index in [2.05, 4.69) is 39.8 Å². The Hall–Kier alpha value is 0.690. The van der Waals surface area contributed by atoms with Crippen LogP contribution < -0.4 is 0 Å². The van der Waals surface area contributed by atoms with E-state index >= 15 is 0 Å². The van der Waals surface area contributed by atoms with Crippen LogP contribution in [0.2, 0.25) is 0 Å². The molecule has 0 aromatic heterocycles. The van der Waals surface area contributed by atoms with Crippen LogP contribution in [0.5, 0.6) is 0 Å². The van der Waals surface area contributed by atoms with Crippen LogP contribution in [0.3, 0.4) is 0 Å². The molecule has 0 aromatic carbocycles. The van der Waals surface area contributed by atoms with E-state index in [4.69, 9.17) is 0 Å². The van der Waals surface area contributed by atoms with E-state index in [-0.39, 0.29) is 0 Å². The first-order valence-electron chi connectivity index (χ1n) is 4.61. The van der Waals surface area contributed by atoms with Crippen molar-refractivity contribution >= 4 is 22.9 Å². The van der Waals surface area contributed by atoms with Crippen molar-refractivity contribution in [1.82, 2.24) is 3.11 Å². The van der Waals surface area contributed by atoms with Gasteiger partial charge in [0.2, 0.25) is 0 Å². The van der Waals surface area contributed by atoms with E-state index < -0.39 is 0 Å². The highest BCUT2D eigenvalue weighted by molar-refractivity contribution is 14.1. The maximum atomic E-state index is 2.54. The van der Waals surface area contributed by atoms with E-state index in [1.165, 1.54) is 19.4 Å². The van der Waals surface area contributed by atoms with Gasteiger partial charge in [-0.25, -0.2) is 3.11 Å². The number of fused-ring (bicyclic) bond motifs is 1. The lowest BCUT2D eigenvalue weighted by atomic mass is 9.95. The molecule has 0 bridgehead atoms. The first-order chi connectivity index (χ1) is 5.18. The Morgan fingerprint density at radius 1 is 1.27 bits per heavy atom. The van der Waals surface area contributed by atoms with Gasteiger partial charge in [-0.3, -0.25) is 0 Å². The van der Waals surface area contributed by atoms with Crippen LogP contribution in [0.1, 0.15) is 26.7 Å². The molecule has 2 rings (SSSR count). The molecule has 2 aliphatic rings. The molecule has 3 atom stereocenters. The summed E-state index contributed by atoms with van der Waals surface area (Å²) < 4.78 is 2.54. The lowest BCUT2D eigenvalue weighted by Gasteiger charge is -2.32. The van der Waals surface area contributed by atoms with Gasteiger partial charge in [-0.1, -0.05) is 13.8 Å². The second-order valence-corrected chi connectivity index (χ2v) is 5.62. The number of nitrogens with zero attached hydrogens (tertiary/aromatic N) is 1. The molecule has 11 heavy (non-hydrogen) atoms. The molecule has 0 amide bonds.